The molecule has 2 nitrogen and oxygen atoms in total. The molecule has 108 valence electrons. The van der Waals surface area contributed by atoms with E-state index in [0.717, 1.165) is 18.2 Å². The van der Waals surface area contributed by atoms with Crippen LogP contribution in [0.4, 0.5) is 5.69 Å². The van der Waals surface area contributed by atoms with Crippen LogP contribution >= 0.6 is 11.6 Å². The zero-order chi connectivity index (χ0) is 13.9. The van der Waals surface area contributed by atoms with Crippen molar-refractivity contribution in [3.63, 3.8) is 0 Å². The maximum absolute atomic E-state index is 12.0. The molecular formula is C17H22ClNO. The van der Waals surface area contributed by atoms with Gasteiger partial charge in [0.1, 0.15) is 0 Å². The Morgan fingerprint density at radius 2 is 1.80 bits per heavy atom. The van der Waals surface area contributed by atoms with Crippen molar-refractivity contribution >= 4 is 23.2 Å². The first-order chi connectivity index (χ1) is 9.78. The van der Waals surface area contributed by atoms with Gasteiger partial charge in [-0.3, -0.25) is 4.79 Å². The molecule has 1 unspecified atom stereocenters. The van der Waals surface area contributed by atoms with Gasteiger partial charge in [-0.1, -0.05) is 31.4 Å². The summed E-state index contributed by atoms with van der Waals surface area (Å²) >= 11 is 5.87. The summed E-state index contributed by atoms with van der Waals surface area (Å²) in [5.74, 6) is 1.81. The molecular weight excluding hydrogens is 270 g/mol. The quantitative estimate of drug-likeness (QED) is 0.759. The predicted molar refractivity (Wildman–Crippen MR) is 83.4 cm³/mol. The first-order valence-corrected chi connectivity index (χ1v) is 8.27. The Kier molecular flexibility index (Phi) is 4.30. The van der Waals surface area contributed by atoms with Gasteiger partial charge in [-0.15, -0.1) is 11.6 Å². The summed E-state index contributed by atoms with van der Waals surface area (Å²) < 4.78 is 0. The van der Waals surface area contributed by atoms with Crippen molar-refractivity contribution in [1.82, 2.24) is 0 Å². The lowest BCUT2D eigenvalue weighted by molar-refractivity contribution is -0.117. The number of rotatable bonds is 3. The second-order valence-corrected chi connectivity index (χ2v) is 6.46. The Hall–Kier alpha value is -1.02. The molecule has 1 atom stereocenters. The summed E-state index contributed by atoms with van der Waals surface area (Å²) in [5.41, 5.74) is 2.47. The lowest BCUT2D eigenvalue weighted by atomic mass is 9.84. The number of amides is 1. The Balaban J connectivity index is 1.71. The number of carbonyl (C=O) groups is 1. The molecule has 20 heavy (non-hydrogen) atoms. The van der Waals surface area contributed by atoms with Crippen LogP contribution in [0.2, 0.25) is 0 Å². The standard InChI is InChI=1S/C17H22ClNO/c18-11-13-10-17(20)19(12-13)16-8-6-15(7-9-16)14-4-2-1-3-5-14/h6-9,13-14H,1-5,10-12H2. The number of hydrogen-bond acceptors (Lipinski definition) is 1. The van der Waals surface area contributed by atoms with Gasteiger partial charge >= 0.3 is 0 Å². The van der Waals surface area contributed by atoms with Crippen molar-refractivity contribution in [3.8, 4) is 0 Å². The minimum Gasteiger partial charge on any atom is -0.312 e. The highest BCUT2D eigenvalue weighted by Gasteiger charge is 2.29. The van der Waals surface area contributed by atoms with Crippen molar-refractivity contribution in [2.24, 2.45) is 5.92 Å². The lowest BCUT2D eigenvalue weighted by Gasteiger charge is -2.23. The van der Waals surface area contributed by atoms with Gasteiger partial charge in [0.2, 0.25) is 5.91 Å². The largest absolute Gasteiger partial charge is 0.312 e. The van der Waals surface area contributed by atoms with Crippen molar-refractivity contribution in [2.45, 2.75) is 44.4 Å². The Labute approximate surface area is 126 Å². The van der Waals surface area contributed by atoms with Crippen LogP contribution in [0, 0.1) is 5.92 Å². The van der Waals surface area contributed by atoms with E-state index in [4.69, 9.17) is 11.6 Å². The molecule has 3 heteroatoms. The highest BCUT2D eigenvalue weighted by atomic mass is 35.5. The smallest absolute Gasteiger partial charge is 0.227 e. The van der Waals surface area contributed by atoms with Gasteiger partial charge in [0, 0.05) is 24.5 Å². The van der Waals surface area contributed by atoms with Gasteiger partial charge in [0.05, 0.1) is 0 Å². The molecule has 1 aromatic rings. The van der Waals surface area contributed by atoms with E-state index in [0.29, 0.717) is 18.2 Å². The van der Waals surface area contributed by atoms with Crippen molar-refractivity contribution < 1.29 is 4.79 Å². The summed E-state index contributed by atoms with van der Waals surface area (Å²) in [6, 6.07) is 8.65. The maximum Gasteiger partial charge on any atom is 0.227 e. The third-order valence-electron chi connectivity index (χ3n) is 4.70. The van der Waals surface area contributed by atoms with E-state index in [1.165, 1.54) is 37.7 Å². The van der Waals surface area contributed by atoms with Crippen molar-refractivity contribution in [3.05, 3.63) is 29.8 Å². The molecule has 1 heterocycles. The Morgan fingerprint density at radius 3 is 2.40 bits per heavy atom. The van der Waals surface area contributed by atoms with Crippen LogP contribution in [-0.4, -0.2) is 18.3 Å². The topological polar surface area (TPSA) is 20.3 Å². The predicted octanol–water partition coefficient (Wildman–Crippen LogP) is 4.33. The summed E-state index contributed by atoms with van der Waals surface area (Å²) in [6.07, 6.45) is 7.32. The highest BCUT2D eigenvalue weighted by molar-refractivity contribution is 6.18. The van der Waals surface area contributed by atoms with Gasteiger partial charge in [-0.2, -0.15) is 0 Å². The van der Waals surface area contributed by atoms with Gasteiger partial charge in [0.15, 0.2) is 0 Å². The third-order valence-corrected chi connectivity index (χ3v) is 5.14. The van der Waals surface area contributed by atoms with Crippen LogP contribution in [0.5, 0.6) is 0 Å². The number of halogens is 1. The second-order valence-electron chi connectivity index (χ2n) is 6.16. The molecule has 1 saturated heterocycles. The van der Waals surface area contributed by atoms with Gasteiger partial charge in [-0.25, -0.2) is 0 Å². The maximum atomic E-state index is 12.0. The zero-order valence-corrected chi connectivity index (χ0v) is 12.6. The minimum absolute atomic E-state index is 0.209. The lowest BCUT2D eigenvalue weighted by Crippen LogP contribution is -2.24. The van der Waals surface area contributed by atoms with Crippen LogP contribution in [0.15, 0.2) is 24.3 Å². The second kappa shape index (κ2) is 6.17. The first kappa shape index (κ1) is 13.9. The molecule has 1 aliphatic carbocycles. The average Bonchev–Trinajstić information content (AvgIpc) is 2.89. The minimum atomic E-state index is 0.209. The fourth-order valence-electron chi connectivity index (χ4n) is 3.50. The number of hydrogen-bond donors (Lipinski definition) is 0. The van der Waals surface area contributed by atoms with Crippen LogP contribution in [0.3, 0.4) is 0 Å². The van der Waals surface area contributed by atoms with Gasteiger partial charge in [0.25, 0.3) is 0 Å². The van der Waals surface area contributed by atoms with Crippen LogP contribution in [0.1, 0.15) is 50.0 Å². The first-order valence-electron chi connectivity index (χ1n) is 7.74. The molecule has 2 fully saturated rings. The Bertz CT molecular complexity index is 464. The number of carbonyl (C=O) groups excluding carboxylic acids is 1. The SMILES string of the molecule is O=C1CC(CCl)CN1c1ccc(C2CCCCC2)cc1. The molecule has 1 saturated carbocycles. The van der Waals surface area contributed by atoms with Crippen LogP contribution in [-0.2, 0) is 4.79 Å². The van der Waals surface area contributed by atoms with E-state index in [9.17, 15) is 4.79 Å². The Morgan fingerprint density at radius 1 is 1.10 bits per heavy atom. The molecule has 1 aromatic carbocycles. The zero-order valence-electron chi connectivity index (χ0n) is 11.9. The average molecular weight is 292 g/mol. The van der Waals surface area contributed by atoms with Gasteiger partial charge in [-0.05, 0) is 42.4 Å². The summed E-state index contributed by atoms with van der Waals surface area (Å²) in [7, 11) is 0. The van der Waals surface area contributed by atoms with Gasteiger partial charge < -0.3 is 4.90 Å². The molecule has 0 aromatic heterocycles. The summed E-state index contributed by atoms with van der Waals surface area (Å²) in [4.78, 5) is 13.9. The summed E-state index contributed by atoms with van der Waals surface area (Å²) in [6.45, 7) is 0.769. The molecule has 3 rings (SSSR count). The normalized spacial score (nSPS) is 24.4. The van der Waals surface area contributed by atoms with E-state index in [2.05, 4.69) is 24.3 Å². The van der Waals surface area contributed by atoms with E-state index in [1.807, 2.05) is 4.90 Å². The fourth-order valence-corrected chi connectivity index (χ4v) is 3.70. The van der Waals surface area contributed by atoms with Crippen molar-refractivity contribution in [2.75, 3.05) is 17.3 Å². The number of nitrogens with zero attached hydrogens (tertiary/aromatic N) is 1. The molecule has 0 N–H and O–H groups in total. The molecule has 0 bridgehead atoms. The molecule has 0 radical (unpaired) electrons. The van der Waals surface area contributed by atoms with E-state index < -0.39 is 0 Å². The van der Waals surface area contributed by atoms with E-state index in [-0.39, 0.29) is 5.91 Å². The number of anilines is 1. The number of benzene rings is 1. The third kappa shape index (κ3) is 2.85. The van der Waals surface area contributed by atoms with E-state index in [1.54, 1.807) is 0 Å². The van der Waals surface area contributed by atoms with Crippen molar-refractivity contribution in [1.29, 1.82) is 0 Å². The monoisotopic (exact) mass is 291 g/mol. The van der Waals surface area contributed by atoms with Crippen LogP contribution < -0.4 is 4.90 Å². The summed E-state index contributed by atoms with van der Waals surface area (Å²) in [5, 5.41) is 0. The van der Waals surface area contributed by atoms with Crippen LogP contribution in [0.25, 0.3) is 0 Å². The molecule has 1 amide bonds. The molecule has 0 spiro atoms. The fraction of sp³-hybridized carbons (Fsp3) is 0.588. The molecule has 1 aliphatic heterocycles. The van der Waals surface area contributed by atoms with E-state index >= 15 is 0 Å². The number of alkyl halides is 1. The molecule has 2 aliphatic rings. The highest BCUT2D eigenvalue weighted by Crippen LogP contribution is 2.34.